The highest BCUT2D eigenvalue weighted by Crippen LogP contribution is 2.18. The molecule has 1 aliphatic heterocycles. The van der Waals surface area contributed by atoms with Crippen LogP contribution in [0.15, 0.2) is 42.0 Å². The smallest absolute Gasteiger partial charge is 0.246 e. The van der Waals surface area contributed by atoms with E-state index in [0.29, 0.717) is 26.1 Å². The summed E-state index contributed by atoms with van der Waals surface area (Å²) in [6.45, 7) is 5.47. The Morgan fingerprint density at radius 1 is 1.25 bits per heavy atom. The number of hydrogen-bond donors (Lipinski definition) is 0. The number of hydrogen-bond acceptors (Lipinski definition) is 3. The van der Waals surface area contributed by atoms with Crippen molar-refractivity contribution in [1.29, 1.82) is 0 Å². The van der Waals surface area contributed by atoms with Crippen LogP contribution < -0.4 is 0 Å². The first-order valence-corrected chi connectivity index (χ1v) is 8.27. The number of carbonyl (C=O) groups excluding carboxylic acids is 2. The minimum absolute atomic E-state index is 0.00217. The highest BCUT2D eigenvalue weighted by atomic mass is 16.5. The number of rotatable bonds is 7. The Hall–Kier alpha value is -2.14. The first-order chi connectivity index (χ1) is 11.5. The molecule has 130 valence electrons. The van der Waals surface area contributed by atoms with Gasteiger partial charge < -0.3 is 14.5 Å². The van der Waals surface area contributed by atoms with E-state index in [1.165, 1.54) is 0 Å². The summed E-state index contributed by atoms with van der Waals surface area (Å²) < 4.78 is 5.06. The number of piperazine rings is 1. The van der Waals surface area contributed by atoms with Gasteiger partial charge in [-0.05, 0) is 19.4 Å². The Kier molecular flexibility index (Phi) is 6.55. The Morgan fingerprint density at radius 3 is 2.58 bits per heavy atom. The summed E-state index contributed by atoms with van der Waals surface area (Å²) in [5.74, 6) is -0.0122. The van der Waals surface area contributed by atoms with Crippen LogP contribution in [-0.4, -0.2) is 61.0 Å². The lowest BCUT2D eigenvalue weighted by Crippen LogP contribution is -2.61. The van der Waals surface area contributed by atoms with Crippen molar-refractivity contribution in [2.45, 2.75) is 26.3 Å². The van der Waals surface area contributed by atoms with Gasteiger partial charge in [0.15, 0.2) is 0 Å². The van der Waals surface area contributed by atoms with Gasteiger partial charge in [0.05, 0.1) is 13.2 Å². The van der Waals surface area contributed by atoms with E-state index < -0.39 is 6.04 Å². The molecule has 1 heterocycles. The highest BCUT2D eigenvalue weighted by Gasteiger charge is 2.38. The topological polar surface area (TPSA) is 49.9 Å². The van der Waals surface area contributed by atoms with Crippen molar-refractivity contribution in [3.05, 3.63) is 47.5 Å². The number of allylic oxidation sites excluding steroid dienone is 1. The standard InChI is InChI=1S/C19H26N2O3/c1-15(2)9-10-21-17(13-16-7-5-4-6-8-16)19(23)20(11-12-24-3)14-18(21)22/h4-9,17H,10-14H2,1-3H3/t17-/m1/s1. The minimum Gasteiger partial charge on any atom is -0.383 e. The van der Waals surface area contributed by atoms with E-state index in [0.717, 1.165) is 11.1 Å². The van der Waals surface area contributed by atoms with Gasteiger partial charge in [0.25, 0.3) is 0 Å². The molecule has 1 saturated heterocycles. The third-order valence-corrected chi connectivity index (χ3v) is 4.15. The summed E-state index contributed by atoms with van der Waals surface area (Å²) in [5, 5.41) is 0. The molecule has 0 bridgehead atoms. The number of nitrogens with zero attached hydrogens (tertiary/aromatic N) is 2. The van der Waals surface area contributed by atoms with Gasteiger partial charge in [-0.15, -0.1) is 0 Å². The Labute approximate surface area is 143 Å². The number of benzene rings is 1. The molecule has 1 aromatic rings. The fraction of sp³-hybridized carbons (Fsp3) is 0.474. The third kappa shape index (κ3) is 4.68. The molecule has 0 saturated carbocycles. The van der Waals surface area contributed by atoms with E-state index >= 15 is 0 Å². The quantitative estimate of drug-likeness (QED) is 0.717. The zero-order chi connectivity index (χ0) is 17.5. The lowest BCUT2D eigenvalue weighted by molar-refractivity contribution is -0.155. The SMILES string of the molecule is COCCN1CC(=O)N(CC=C(C)C)[C@H](Cc2ccccc2)C1=O. The van der Waals surface area contributed by atoms with E-state index in [1.807, 2.05) is 50.3 Å². The fourth-order valence-corrected chi connectivity index (χ4v) is 2.79. The third-order valence-electron chi connectivity index (χ3n) is 4.15. The number of carbonyl (C=O) groups is 2. The van der Waals surface area contributed by atoms with Crippen LogP contribution >= 0.6 is 0 Å². The van der Waals surface area contributed by atoms with Gasteiger partial charge in [-0.2, -0.15) is 0 Å². The summed E-state index contributed by atoms with van der Waals surface area (Å²) in [7, 11) is 1.60. The minimum atomic E-state index is -0.457. The number of ether oxygens (including phenoxy) is 1. The summed E-state index contributed by atoms with van der Waals surface area (Å²) in [6, 6.07) is 9.38. The molecule has 1 atom stereocenters. The number of amides is 2. The van der Waals surface area contributed by atoms with Crippen LogP contribution in [0.25, 0.3) is 0 Å². The molecule has 0 unspecified atom stereocenters. The first kappa shape index (κ1) is 18.2. The van der Waals surface area contributed by atoms with Gasteiger partial charge in [0.2, 0.25) is 11.8 Å². The van der Waals surface area contributed by atoms with Crippen molar-refractivity contribution < 1.29 is 14.3 Å². The van der Waals surface area contributed by atoms with Crippen LogP contribution in [0.1, 0.15) is 19.4 Å². The molecule has 1 aromatic carbocycles. The summed E-state index contributed by atoms with van der Waals surface area (Å²) in [6.07, 6.45) is 2.53. The molecule has 1 fully saturated rings. The van der Waals surface area contributed by atoms with Gasteiger partial charge in [0.1, 0.15) is 6.04 Å². The number of methoxy groups -OCH3 is 1. The monoisotopic (exact) mass is 330 g/mol. The van der Waals surface area contributed by atoms with E-state index in [-0.39, 0.29) is 18.4 Å². The molecular weight excluding hydrogens is 304 g/mol. The molecule has 5 heteroatoms. The zero-order valence-corrected chi connectivity index (χ0v) is 14.7. The normalized spacial score (nSPS) is 18.0. The fourth-order valence-electron chi connectivity index (χ4n) is 2.79. The van der Waals surface area contributed by atoms with Crippen molar-refractivity contribution in [1.82, 2.24) is 9.80 Å². The second kappa shape index (κ2) is 8.64. The van der Waals surface area contributed by atoms with E-state index in [2.05, 4.69) is 0 Å². The van der Waals surface area contributed by atoms with E-state index in [4.69, 9.17) is 4.74 Å². The van der Waals surface area contributed by atoms with Crippen LogP contribution in [-0.2, 0) is 20.7 Å². The van der Waals surface area contributed by atoms with Gasteiger partial charge in [-0.25, -0.2) is 0 Å². The Balaban J connectivity index is 2.22. The second-order valence-corrected chi connectivity index (χ2v) is 6.29. The largest absolute Gasteiger partial charge is 0.383 e. The molecule has 2 rings (SSSR count). The molecule has 2 amide bonds. The maximum Gasteiger partial charge on any atom is 0.246 e. The molecule has 5 nitrogen and oxygen atoms in total. The van der Waals surface area contributed by atoms with Gasteiger partial charge in [-0.1, -0.05) is 42.0 Å². The van der Waals surface area contributed by atoms with Crippen molar-refractivity contribution in [2.75, 3.05) is 33.4 Å². The van der Waals surface area contributed by atoms with Crippen molar-refractivity contribution >= 4 is 11.8 Å². The van der Waals surface area contributed by atoms with E-state index in [9.17, 15) is 9.59 Å². The molecule has 0 aromatic heterocycles. The molecular formula is C19H26N2O3. The predicted molar refractivity (Wildman–Crippen MR) is 93.5 cm³/mol. The van der Waals surface area contributed by atoms with Crippen LogP contribution in [0.2, 0.25) is 0 Å². The maximum absolute atomic E-state index is 12.9. The van der Waals surface area contributed by atoms with Crippen LogP contribution in [0.5, 0.6) is 0 Å². The van der Waals surface area contributed by atoms with Gasteiger partial charge >= 0.3 is 0 Å². The average molecular weight is 330 g/mol. The molecule has 0 radical (unpaired) electrons. The lowest BCUT2D eigenvalue weighted by atomic mass is 10.0. The van der Waals surface area contributed by atoms with Crippen molar-refractivity contribution in [3.8, 4) is 0 Å². The Bertz CT molecular complexity index is 594. The molecule has 24 heavy (non-hydrogen) atoms. The van der Waals surface area contributed by atoms with Crippen LogP contribution in [0.3, 0.4) is 0 Å². The molecule has 1 aliphatic rings. The summed E-state index contributed by atoms with van der Waals surface area (Å²) >= 11 is 0. The highest BCUT2D eigenvalue weighted by molar-refractivity contribution is 5.95. The molecule has 0 spiro atoms. The Morgan fingerprint density at radius 2 is 1.96 bits per heavy atom. The average Bonchev–Trinajstić information content (AvgIpc) is 2.56. The van der Waals surface area contributed by atoms with Gasteiger partial charge in [-0.3, -0.25) is 9.59 Å². The second-order valence-electron chi connectivity index (χ2n) is 6.29. The summed E-state index contributed by atoms with van der Waals surface area (Å²) in [4.78, 5) is 28.8. The van der Waals surface area contributed by atoms with Crippen LogP contribution in [0.4, 0.5) is 0 Å². The lowest BCUT2D eigenvalue weighted by Gasteiger charge is -2.40. The van der Waals surface area contributed by atoms with E-state index in [1.54, 1.807) is 16.9 Å². The van der Waals surface area contributed by atoms with Gasteiger partial charge in [0, 0.05) is 26.6 Å². The van der Waals surface area contributed by atoms with Crippen LogP contribution in [0, 0.1) is 0 Å². The predicted octanol–water partition coefficient (Wildman–Crippen LogP) is 1.88. The van der Waals surface area contributed by atoms with Crippen molar-refractivity contribution in [3.63, 3.8) is 0 Å². The molecule has 0 N–H and O–H groups in total. The maximum atomic E-state index is 12.9. The molecule has 0 aliphatic carbocycles. The zero-order valence-electron chi connectivity index (χ0n) is 14.7. The van der Waals surface area contributed by atoms with Crippen molar-refractivity contribution in [2.24, 2.45) is 0 Å². The summed E-state index contributed by atoms with van der Waals surface area (Å²) in [5.41, 5.74) is 2.19. The first-order valence-electron chi connectivity index (χ1n) is 8.27.